The van der Waals surface area contributed by atoms with Gasteiger partial charge in [0.15, 0.2) is 4.96 Å². The predicted octanol–water partition coefficient (Wildman–Crippen LogP) is 2.68. The SMILES string of the molecule is CCCC(C)NCc1c(OC)nc2sccn12. The molecule has 0 spiro atoms. The van der Waals surface area contributed by atoms with Crippen LogP contribution in [0.4, 0.5) is 0 Å². The minimum absolute atomic E-state index is 0.522. The highest BCUT2D eigenvalue weighted by Gasteiger charge is 2.13. The van der Waals surface area contributed by atoms with Crippen LogP contribution in [0.1, 0.15) is 32.4 Å². The van der Waals surface area contributed by atoms with Gasteiger partial charge in [-0.05, 0) is 13.3 Å². The maximum absolute atomic E-state index is 5.32. The van der Waals surface area contributed by atoms with E-state index in [1.165, 1.54) is 12.8 Å². The van der Waals surface area contributed by atoms with E-state index in [4.69, 9.17) is 4.74 Å². The van der Waals surface area contributed by atoms with Gasteiger partial charge in [0.1, 0.15) is 5.69 Å². The molecule has 4 nitrogen and oxygen atoms in total. The fourth-order valence-corrected chi connectivity index (χ4v) is 2.67. The molecule has 0 amide bonds. The first-order chi connectivity index (χ1) is 8.26. The first-order valence-corrected chi connectivity index (χ1v) is 6.86. The fourth-order valence-electron chi connectivity index (χ4n) is 1.94. The van der Waals surface area contributed by atoms with Crippen molar-refractivity contribution in [2.75, 3.05) is 7.11 Å². The van der Waals surface area contributed by atoms with Gasteiger partial charge in [0.25, 0.3) is 0 Å². The lowest BCUT2D eigenvalue weighted by atomic mass is 10.2. The summed E-state index contributed by atoms with van der Waals surface area (Å²) < 4.78 is 7.41. The Morgan fingerprint density at radius 1 is 1.59 bits per heavy atom. The molecule has 0 saturated heterocycles. The van der Waals surface area contributed by atoms with Gasteiger partial charge in [-0.2, -0.15) is 4.98 Å². The molecule has 0 aliphatic heterocycles. The molecule has 2 rings (SSSR count). The summed E-state index contributed by atoms with van der Waals surface area (Å²) in [5.41, 5.74) is 1.10. The van der Waals surface area contributed by atoms with Gasteiger partial charge in [0.05, 0.1) is 7.11 Å². The lowest BCUT2D eigenvalue weighted by Crippen LogP contribution is -2.25. The highest BCUT2D eigenvalue weighted by Crippen LogP contribution is 2.22. The van der Waals surface area contributed by atoms with Crippen molar-refractivity contribution in [1.29, 1.82) is 0 Å². The molecular weight excluding hydrogens is 234 g/mol. The maximum atomic E-state index is 5.32. The lowest BCUT2D eigenvalue weighted by Gasteiger charge is -2.12. The smallest absolute Gasteiger partial charge is 0.237 e. The molecule has 2 aromatic heterocycles. The largest absolute Gasteiger partial charge is 0.480 e. The van der Waals surface area contributed by atoms with E-state index in [1.54, 1.807) is 18.4 Å². The third-order valence-electron chi connectivity index (χ3n) is 2.86. The van der Waals surface area contributed by atoms with Crippen molar-refractivity contribution in [3.8, 4) is 5.88 Å². The van der Waals surface area contributed by atoms with Crippen LogP contribution in [0.25, 0.3) is 4.96 Å². The van der Waals surface area contributed by atoms with Gasteiger partial charge < -0.3 is 10.1 Å². The number of fused-ring (bicyclic) bond motifs is 1. The summed E-state index contributed by atoms with van der Waals surface area (Å²) in [6.45, 7) is 5.21. The zero-order valence-electron chi connectivity index (χ0n) is 10.6. The number of aromatic nitrogens is 2. The molecule has 17 heavy (non-hydrogen) atoms. The van der Waals surface area contributed by atoms with Crippen LogP contribution in [0.3, 0.4) is 0 Å². The standard InChI is InChI=1S/C12H19N3OS/c1-4-5-9(2)13-8-10-11(16-3)14-12-15(10)6-7-17-12/h6-7,9,13H,4-5,8H2,1-3H3. The number of thiazole rings is 1. The second kappa shape index (κ2) is 5.51. The van der Waals surface area contributed by atoms with Crippen LogP contribution in [0, 0.1) is 0 Å². The van der Waals surface area contributed by atoms with Crippen molar-refractivity contribution in [2.24, 2.45) is 0 Å². The summed E-state index contributed by atoms with van der Waals surface area (Å²) in [6.07, 6.45) is 4.43. The van der Waals surface area contributed by atoms with E-state index in [0.29, 0.717) is 6.04 Å². The van der Waals surface area contributed by atoms with Crippen LogP contribution in [0.2, 0.25) is 0 Å². The number of methoxy groups -OCH3 is 1. The van der Waals surface area contributed by atoms with Crippen molar-refractivity contribution in [2.45, 2.75) is 39.3 Å². The number of imidazole rings is 1. The summed E-state index contributed by atoms with van der Waals surface area (Å²) in [4.78, 5) is 5.42. The molecule has 0 saturated carbocycles. The summed E-state index contributed by atoms with van der Waals surface area (Å²) >= 11 is 1.63. The van der Waals surface area contributed by atoms with Crippen LogP contribution >= 0.6 is 11.3 Å². The Labute approximate surface area is 106 Å². The number of rotatable bonds is 6. The Morgan fingerprint density at radius 3 is 3.12 bits per heavy atom. The van der Waals surface area contributed by atoms with Gasteiger partial charge in [-0.25, -0.2) is 0 Å². The number of ether oxygens (including phenoxy) is 1. The molecule has 0 radical (unpaired) electrons. The van der Waals surface area contributed by atoms with Gasteiger partial charge in [0, 0.05) is 24.2 Å². The Morgan fingerprint density at radius 2 is 2.41 bits per heavy atom. The molecule has 0 aliphatic carbocycles. The average molecular weight is 253 g/mol. The van der Waals surface area contributed by atoms with Gasteiger partial charge in [0.2, 0.25) is 5.88 Å². The van der Waals surface area contributed by atoms with Crippen molar-refractivity contribution < 1.29 is 4.74 Å². The minimum Gasteiger partial charge on any atom is -0.480 e. The molecule has 1 N–H and O–H groups in total. The summed E-state index contributed by atoms with van der Waals surface area (Å²) in [5, 5.41) is 5.55. The number of nitrogens with one attached hydrogen (secondary N) is 1. The summed E-state index contributed by atoms with van der Waals surface area (Å²) in [5.74, 6) is 0.730. The predicted molar refractivity (Wildman–Crippen MR) is 70.8 cm³/mol. The second-order valence-electron chi connectivity index (χ2n) is 4.19. The topological polar surface area (TPSA) is 38.6 Å². The summed E-state index contributed by atoms with van der Waals surface area (Å²) in [6, 6.07) is 0.522. The van der Waals surface area contributed by atoms with Gasteiger partial charge in [-0.15, -0.1) is 11.3 Å². The molecule has 0 aromatic carbocycles. The Hall–Kier alpha value is -1.07. The van der Waals surface area contributed by atoms with Crippen molar-refractivity contribution in [1.82, 2.24) is 14.7 Å². The van der Waals surface area contributed by atoms with Crippen LogP contribution in [0.15, 0.2) is 11.6 Å². The highest BCUT2D eigenvalue weighted by molar-refractivity contribution is 7.15. The van der Waals surface area contributed by atoms with Gasteiger partial charge in [-0.1, -0.05) is 13.3 Å². The molecular formula is C12H19N3OS. The third-order valence-corrected chi connectivity index (χ3v) is 3.61. The summed E-state index contributed by atoms with van der Waals surface area (Å²) in [7, 11) is 1.67. The van der Waals surface area contributed by atoms with Crippen LogP contribution in [0.5, 0.6) is 5.88 Å². The fraction of sp³-hybridized carbons (Fsp3) is 0.583. The van der Waals surface area contributed by atoms with E-state index in [1.807, 2.05) is 11.6 Å². The monoisotopic (exact) mass is 253 g/mol. The van der Waals surface area contributed by atoms with Crippen molar-refractivity contribution >= 4 is 16.3 Å². The van der Waals surface area contributed by atoms with E-state index in [2.05, 4.69) is 28.5 Å². The van der Waals surface area contributed by atoms with Crippen molar-refractivity contribution in [3.63, 3.8) is 0 Å². The lowest BCUT2D eigenvalue weighted by molar-refractivity contribution is 0.390. The van der Waals surface area contributed by atoms with Crippen LogP contribution < -0.4 is 10.1 Å². The van der Waals surface area contributed by atoms with Crippen LogP contribution in [-0.4, -0.2) is 22.5 Å². The zero-order valence-corrected chi connectivity index (χ0v) is 11.4. The Bertz CT molecular complexity index is 477. The van der Waals surface area contributed by atoms with Crippen LogP contribution in [-0.2, 0) is 6.54 Å². The molecule has 0 aliphatic rings. The molecule has 2 aromatic rings. The Kier molecular flexibility index (Phi) is 4.02. The molecule has 0 bridgehead atoms. The normalized spacial score (nSPS) is 13.1. The van der Waals surface area contributed by atoms with Crippen molar-refractivity contribution in [3.05, 3.63) is 17.3 Å². The molecule has 5 heteroatoms. The number of hydrogen-bond donors (Lipinski definition) is 1. The van der Waals surface area contributed by atoms with E-state index < -0.39 is 0 Å². The van der Waals surface area contributed by atoms with E-state index in [0.717, 1.165) is 23.1 Å². The first kappa shape index (κ1) is 12.4. The third kappa shape index (κ3) is 2.61. The van der Waals surface area contributed by atoms with Gasteiger partial charge >= 0.3 is 0 Å². The molecule has 1 unspecified atom stereocenters. The average Bonchev–Trinajstić information content (AvgIpc) is 2.86. The first-order valence-electron chi connectivity index (χ1n) is 5.98. The van der Waals surface area contributed by atoms with E-state index in [-0.39, 0.29) is 0 Å². The van der Waals surface area contributed by atoms with E-state index >= 15 is 0 Å². The molecule has 0 fully saturated rings. The number of hydrogen-bond acceptors (Lipinski definition) is 4. The minimum atomic E-state index is 0.522. The second-order valence-corrected chi connectivity index (χ2v) is 5.07. The zero-order chi connectivity index (χ0) is 12.3. The molecule has 94 valence electrons. The van der Waals surface area contributed by atoms with Gasteiger partial charge in [-0.3, -0.25) is 4.40 Å². The molecule has 2 heterocycles. The van der Waals surface area contributed by atoms with E-state index in [9.17, 15) is 0 Å². The Balaban J connectivity index is 2.13. The molecule has 1 atom stereocenters. The highest BCUT2D eigenvalue weighted by atomic mass is 32.1. The number of nitrogens with zero attached hydrogens (tertiary/aromatic N) is 2. The maximum Gasteiger partial charge on any atom is 0.237 e. The quantitative estimate of drug-likeness (QED) is 0.860.